The molecule has 0 radical (unpaired) electrons. The quantitative estimate of drug-likeness (QED) is 0.807. The van der Waals surface area contributed by atoms with E-state index in [9.17, 15) is 4.79 Å². The van der Waals surface area contributed by atoms with Gasteiger partial charge >= 0.3 is 0 Å². The van der Waals surface area contributed by atoms with Crippen molar-refractivity contribution in [3.63, 3.8) is 0 Å². The fraction of sp³-hybridized carbons (Fsp3) is 0.0769. The first-order valence-corrected chi connectivity index (χ1v) is 5.44. The van der Waals surface area contributed by atoms with Crippen LogP contribution in [-0.2, 0) is 9.53 Å². The molecule has 2 aromatic rings. The van der Waals surface area contributed by atoms with Gasteiger partial charge in [-0.3, -0.25) is 9.78 Å². The molecular formula is C13H11Cl2NO2. The van der Waals surface area contributed by atoms with Crippen LogP contribution in [0.1, 0.15) is 17.2 Å². The predicted octanol–water partition coefficient (Wildman–Crippen LogP) is 3.42. The van der Waals surface area contributed by atoms with Gasteiger partial charge in [-0.25, -0.2) is 0 Å². The van der Waals surface area contributed by atoms with Crippen LogP contribution in [0.25, 0.3) is 0 Å². The Bertz CT molecular complexity index is 505. The Labute approximate surface area is 116 Å². The van der Waals surface area contributed by atoms with Crippen LogP contribution in [0.2, 0.25) is 5.02 Å². The normalized spacial score (nSPS) is 11.2. The minimum atomic E-state index is -0.519. The standard InChI is InChI=1S/C13H10ClNO2.ClH/c14-12-6-7-15-8-11(12)13(17-9-16)10-4-2-1-3-5-10;/h1-9,13H;1H. The van der Waals surface area contributed by atoms with Gasteiger partial charge < -0.3 is 4.74 Å². The highest BCUT2D eigenvalue weighted by molar-refractivity contribution is 6.31. The third-order valence-corrected chi connectivity index (χ3v) is 2.72. The molecule has 5 heteroatoms. The maximum Gasteiger partial charge on any atom is 0.294 e. The lowest BCUT2D eigenvalue weighted by Gasteiger charge is -2.16. The number of carbonyl (C=O) groups excluding carboxylic acids is 1. The summed E-state index contributed by atoms with van der Waals surface area (Å²) in [5.41, 5.74) is 1.53. The second kappa shape index (κ2) is 6.99. The van der Waals surface area contributed by atoms with E-state index in [1.54, 1.807) is 18.5 Å². The van der Waals surface area contributed by atoms with Crippen molar-refractivity contribution < 1.29 is 9.53 Å². The van der Waals surface area contributed by atoms with Gasteiger partial charge in [-0.1, -0.05) is 41.9 Å². The lowest BCUT2D eigenvalue weighted by atomic mass is 10.0. The molecule has 0 fully saturated rings. The molecular weight excluding hydrogens is 273 g/mol. The number of carbonyl (C=O) groups is 1. The van der Waals surface area contributed by atoms with E-state index in [0.717, 1.165) is 5.56 Å². The molecule has 1 atom stereocenters. The molecule has 18 heavy (non-hydrogen) atoms. The number of hydrogen-bond donors (Lipinski definition) is 0. The minimum absolute atomic E-state index is 0. The third kappa shape index (κ3) is 3.22. The SMILES string of the molecule is Cl.O=COC(c1ccccc1)c1cnccc1Cl. The summed E-state index contributed by atoms with van der Waals surface area (Å²) in [6, 6.07) is 11.1. The van der Waals surface area contributed by atoms with Gasteiger partial charge in [-0.2, -0.15) is 0 Å². The van der Waals surface area contributed by atoms with Crippen LogP contribution in [0.4, 0.5) is 0 Å². The Hall–Kier alpha value is -1.58. The topological polar surface area (TPSA) is 39.2 Å². The van der Waals surface area contributed by atoms with Gasteiger partial charge in [0.1, 0.15) is 0 Å². The molecule has 0 aliphatic carbocycles. The molecule has 0 saturated heterocycles. The number of nitrogens with zero attached hydrogens (tertiary/aromatic N) is 1. The molecule has 1 unspecified atom stereocenters. The van der Waals surface area contributed by atoms with Crippen molar-refractivity contribution in [1.82, 2.24) is 4.98 Å². The van der Waals surface area contributed by atoms with E-state index >= 15 is 0 Å². The number of aromatic nitrogens is 1. The summed E-state index contributed by atoms with van der Waals surface area (Å²) >= 11 is 6.07. The fourth-order valence-corrected chi connectivity index (χ4v) is 1.80. The molecule has 0 spiro atoms. The highest BCUT2D eigenvalue weighted by Gasteiger charge is 2.17. The maximum absolute atomic E-state index is 10.6. The van der Waals surface area contributed by atoms with E-state index in [-0.39, 0.29) is 12.4 Å². The summed E-state index contributed by atoms with van der Waals surface area (Å²) in [7, 11) is 0. The van der Waals surface area contributed by atoms with Crippen LogP contribution in [0.3, 0.4) is 0 Å². The highest BCUT2D eigenvalue weighted by atomic mass is 35.5. The highest BCUT2D eigenvalue weighted by Crippen LogP contribution is 2.29. The molecule has 1 aromatic heterocycles. The van der Waals surface area contributed by atoms with Crippen molar-refractivity contribution >= 4 is 30.5 Å². The molecule has 2 rings (SSSR count). The largest absolute Gasteiger partial charge is 0.455 e. The Morgan fingerprint density at radius 2 is 1.94 bits per heavy atom. The predicted molar refractivity (Wildman–Crippen MR) is 71.9 cm³/mol. The van der Waals surface area contributed by atoms with E-state index in [1.165, 1.54) is 0 Å². The van der Waals surface area contributed by atoms with Crippen molar-refractivity contribution in [2.45, 2.75) is 6.10 Å². The number of pyridine rings is 1. The van der Waals surface area contributed by atoms with Crippen LogP contribution in [-0.4, -0.2) is 11.5 Å². The average Bonchev–Trinajstić information content (AvgIpc) is 2.38. The van der Waals surface area contributed by atoms with Crippen LogP contribution >= 0.6 is 24.0 Å². The zero-order valence-corrected chi connectivity index (χ0v) is 10.9. The van der Waals surface area contributed by atoms with Crippen molar-refractivity contribution in [3.8, 4) is 0 Å². The first kappa shape index (κ1) is 14.5. The zero-order chi connectivity index (χ0) is 12.1. The lowest BCUT2D eigenvalue weighted by molar-refractivity contribution is -0.132. The molecule has 0 aliphatic heterocycles. The van der Waals surface area contributed by atoms with Crippen molar-refractivity contribution in [3.05, 3.63) is 64.9 Å². The van der Waals surface area contributed by atoms with Gasteiger partial charge in [0.25, 0.3) is 6.47 Å². The molecule has 1 heterocycles. The molecule has 0 bridgehead atoms. The Morgan fingerprint density at radius 3 is 2.56 bits per heavy atom. The van der Waals surface area contributed by atoms with E-state index in [4.69, 9.17) is 16.3 Å². The molecule has 0 saturated carbocycles. The number of benzene rings is 1. The summed E-state index contributed by atoms with van der Waals surface area (Å²) in [6.07, 6.45) is 2.67. The van der Waals surface area contributed by atoms with Gasteiger partial charge in [0, 0.05) is 18.0 Å². The van der Waals surface area contributed by atoms with Crippen LogP contribution < -0.4 is 0 Å². The Morgan fingerprint density at radius 1 is 1.22 bits per heavy atom. The van der Waals surface area contributed by atoms with E-state index in [2.05, 4.69) is 4.98 Å². The first-order valence-electron chi connectivity index (χ1n) is 5.06. The fourth-order valence-electron chi connectivity index (χ4n) is 1.60. The Balaban J connectivity index is 0.00000162. The van der Waals surface area contributed by atoms with Crippen LogP contribution in [0, 0.1) is 0 Å². The first-order chi connectivity index (χ1) is 8.33. The van der Waals surface area contributed by atoms with Crippen molar-refractivity contribution in [2.24, 2.45) is 0 Å². The molecule has 0 aliphatic rings. The van der Waals surface area contributed by atoms with Crippen LogP contribution in [0.15, 0.2) is 48.8 Å². The van der Waals surface area contributed by atoms with Gasteiger partial charge in [-0.15, -0.1) is 12.4 Å². The number of hydrogen-bond acceptors (Lipinski definition) is 3. The molecule has 0 amide bonds. The molecule has 3 nitrogen and oxygen atoms in total. The summed E-state index contributed by atoms with van der Waals surface area (Å²) in [5.74, 6) is 0. The monoisotopic (exact) mass is 283 g/mol. The smallest absolute Gasteiger partial charge is 0.294 e. The summed E-state index contributed by atoms with van der Waals surface area (Å²) in [4.78, 5) is 14.6. The lowest BCUT2D eigenvalue weighted by Crippen LogP contribution is -2.06. The van der Waals surface area contributed by atoms with Crippen molar-refractivity contribution in [1.29, 1.82) is 0 Å². The maximum atomic E-state index is 10.6. The van der Waals surface area contributed by atoms with Gasteiger partial charge in [0.15, 0.2) is 6.10 Å². The molecule has 94 valence electrons. The summed E-state index contributed by atoms with van der Waals surface area (Å²) < 4.78 is 5.09. The third-order valence-electron chi connectivity index (χ3n) is 2.37. The average molecular weight is 284 g/mol. The van der Waals surface area contributed by atoms with Gasteiger partial charge in [-0.05, 0) is 11.6 Å². The number of ether oxygens (including phenoxy) is 1. The van der Waals surface area contributed by atoms with Gasteiger partial charge in [0.2, 0.25) is 0 Å². The van der Waals surface area contributed by atoms with Gasteiger partial charge in [0.05, 0.1) is 5.02 Å². The second-order valence-electron chi connectivity index (χ2n) is 3.42. The minimum Gasteiger partial charge on any atom is -0.455 e. The van der Waals surface area contributed by atoms with E-state index in [0.29, 0.717) is 17.1 Å². The van der Waals surface area contributed by atoms with E-state index < -0.39 is 6.10 Å². The number of rotatable bonds is 4. The second-order valence-corrected chi connectivity index (χ2v) is 3.83. The van der Waals surface area contributed by atoms with Crippen molar-refractivity contribution in [2.75, 3.05) is 0 Å². The molecule has 1 aromatic carbocycles. The summed E-state index contributed by atoms with van der Waals surface area (Å²) in [5, 5.41) is 0.524. The Kier molecular flexibility index (Phi) is 5.62. The van der Waals surface area contributed by atoms with E-state index in [1.807, 2.05) is 30.3 Å². The summed E-state index contributed by atoms with van der Waals surface area (Å²) in [6.45, 7) is 0.418. The molecule has 0 N–H and O–H groups in total. The van der Waals surface area contributed by atoms with Crippen LogP contribution in [0.5, 0.6) is 0 Å². The number of halogens is 2. The zero-order valence-electron chi connectivity index (χ0n) is 9.32.